The topological polar surface area (TPSA) is 46.7 Å². The Morgan fingerprint density at radius 3 is 2.65 bits per heavy atom. The number of carbonyl (C=O) groups excluding carboxylic acids is 2. The second-order valence-electron chi connectivity index (χ2n) is 8.82. The van der Waals surface area contributed by atoms with Gasteiger partial charge < -0.3 is 4.74 Å². The number of hydrogen-bond donors (Lipinski definition) is 0. The van der Waals surface area contributed by atoms with Gasteiger partial charge in [0.15, 0.2) is 17.7 Å². The molecule has 1 heterocycles. The Labute approximate surface area is 135 Å². The van der Waals surface area contributed by atoms with Gasteiger partial charge in [-0.15, -0.1) is 0 Å². The van der Waals surface area contributed by atoms with Gasteiger partial charge in [-0.05, 0) is 61.0 Å². The molecule has 5 aliphatic rings. The van der Waals surface area contributed by atoms with E-state index >= 15 is 0 Å². The Hall–Kier alpha value is -1.03. The van der Waals surface area contributed by atoms with E-state index in [2.05, 4.69) is 6.92 Å². The van der Waals surface area contributed by atoms with Crippen molar-refractivity contribution in [1.29, 1.82) is 0 Å². The van der Waals surface area contributed by atoms with E-state index in [0.29, 0.717) is 6.10 Å². The van der Waals surface area contributed by atoms with Crippen LogP contribution in [-0.4, -0.2) is 29.9 Å². The van der Waals surface area contributed by atoms with Crippen LogP contribution in [0.25, 0.3) is 0 Å². The number of alkyl halides is 1. The van der Waals surface area contributed by atoms with Crippen LogP contribution < -0.4 is 0 Å². The van der Waals surface area contributed by atoms with Gasteiger partial charge in [0.05, 0.1) is 6.10 Å². The van der Waals surface area contributed by atoms with Gasteiger partial charge in [-0.3, -0.25) is 9.59 Å². The largest absolute Gasteiger partial charge is 0.365 e. The summed E-state index contributed by atoms with van der Waals surface area (Å²) in [4.78, 5) is 25.3. The molecule has 3 nitrogen and oxygen atoms in total. The summed E-state index contributed by atoms with van der Waals surface area (Å²) in [5.74, 6) is -0.193. The summed E-state index contributed by atoms with van der Waals surface area (Å²) in [5.41, 5.74) is 0.546. The third-order valence-electron chi connectivity index (χ3n) is 7.91. The van der Waals surface area contributed by atoms with E-state index in [-0.39, 0.29) is 47.3 Å². The Morgan fingerprint density at radius 2 is 1.87 bits per heavy atom. The van der Waals surface area contributed by atoms with Gasteiger partial charge in [0.2, 0.25) is 0 Å². The highest BCUT2D eigenvalue weighted by Crippen LogP contribution is 2.65. The number of epoxide rings is 1. The lowest BCUT2D eigenvalue weighted by molar-refractivity contribution is -0.140. The van der Waals surface area contributed by atoms with Crippen LogP contribution in [0, 0.1) is 28.6 Å². The molecule has 4 heteroatoms. The summed E-state index contributed by atoms with van der Waals surface area (Å²) in [6.07, 6.45) is 4.82. The molecule has 0 aromatic heterocycles. The predicted octanol–water partition coefficient (Wildman–Crippen LogP) is 3.02. The van der Waals surface area contributed by atoms with Crippen molar-refractivity contribution in [3.05, 3.63) is 11.6 Å². The molecule has 0 aromatic rings. The zero-order valence-electron chi connectivity index (χ0n) is 13.7. The fourth-order valence-electron chi connectivity index (χ4n) is 6.45. The summed E-state index contributed by atoms with van der Waals surface area (Å²) in [6.45, 7) is 4.17. The molecule has 4 fully saturated rings. The van der Waals surface area contributed by atoms with Crippen molar-refractivity contribution >= 4 is 11.6 Å². The molecule has 8 atom stereocenters. The van der Waals surface area contributed by atoms with Crippen molar-refractivity contribution in [2.45, 2.75) is 64.3 Å². The van der Waals surface area contributed by atoms with Gasteiger partial charge in [-0.25, -0.2) is 4.39 Å². The number of halogens is 1. The normalized spacial score (nSPS) is 57.1. The predicted molar refractivity (Wildman–Crippen MR) is 81.4 cm³/mol. The molecule has 0 unspecified atom stereocenters. The standard InChI is InChI=1S/C19H23FO3/c1-18-6-4-14-16(23-14)11(18)8-13(21)15-9(18)3-5-19(2)10(15)7-12(20)17(19)22/h8-10,12,14-16H,3-7H2,1-2H3/t9-,10-,12+,14+,15+,16-,18+,19-/m0/s1. The van der Waals surface area contributed by atoms with Gasteiger partial charge >= 0.3 is 0 Å². The monoisotopic (exact) mass is 318 g/mol. The van der Waals surface area contributed by atoms with Crippen LogP contribution in [0.5, 0.6) is 0 Å². The van der Waals surface area contributed by atoms with E-state index in [1.165, 1.54) is 5.57 Å². The SMILES string of the molecule is C[C@]12CC[C@H]3O[C@H]3C1=CC(=O)[C@@H]1[C@@H]2CC[C@]2(C)C(=O)[C@H](F)C[C@@H]12. The quantitative estimate of drug-likeness (QED) is 0.645. The van der Waals surface area contributed by atoms with Crippen molar-refractivity contribution in [3.63, 3.8) is 0 Å². The summed E-state index contributed by atoms with van der Waals surface area (Å²) in [5, 5.41) is 0. The molecule has 23 heavy (non-hydrogen) atoms. The third kappa shape index (κ3) is 1.59. The molecule has 0 radical (unpaired) electrons. The van der Waals surface area contributed by atoms with Gasteiger partial charge in [-0.2, -0.15) is 0 Å². The first-order valence-electron chi connectivity index (χ1n) is 8.96. The van der Waals surface area contributed by atoms with Gasteiger partial charge in [0.25, 0.3) is 0 Å². The van der Waals surface area contributed by atoms with Crippen LogP contribution in [0.2, 0.25) is 0 Å². The van der Waals surface area contributed by atoms with E-state index in [4.69, 9.17) is 4.74 Å². The minimum atomic E-state index is -1.38. The number of fused-ring (bicyclic) bond motifs is 7. The lowest BCUT2D eigenvalue weighted by Crippen LogP contribution is -2.53. The number of allylic oxidation sites excluding steroid dienone is 1. The zero-order valence-corrected chi connectivity index (χ0v) is 13.7. The minimum Gasteiger partial charge on any atom is -0.365 e. The summed E-state index contributed by atoms with van der Waals surface area (Å²) in [7, 11) is 0. The average Bonchev–Trinajstić information content (AvgIpc) is 3.25. The van der Waals surface area contributed by atoms with Gasteiger partial charge in [0, 0.05) is 11.3 Å². The maximum Gasteiger partial charge on any atom is 0.173 e. The average molecular weight is 318 g/mol. The number of rotatable bonds is 0. The van der Waals surface area contributed by atoms with Gasteiger partial charge in [0.1, 0.15) is 6.10 Å². The summed E-state index contributed by atoms with van der Waals surface area (Å²) < 4.78 is 19.9. The Kier molecular flexibility index (Phi) is 2.58. The summed E-state index contributed by atoms with van der Waals surface area (Å²) >= 11 is 0. The fraction of sp³-hybridized carbons (Fsp3) is 0.789. The van der Waals surface area contributed by atoms with Crippen LogP contribution in [0.3, 0.4) is 0 Å². The highest BCUT2D eigenvalue weighted by atomic mass is 19.1. The van der Waals surface area contributed by atoms with Crippen molar-refractivity contribution in [1.82, 2.24) is 0 Å². The minimum absolute atomic E-state index is 0.00494. The fourth-order valence-corrected chi connectivity index (χ4v) is 6.45. The van der Waals surface area contributed by atoms with Crippen molar-refractivity contribution in [2.24, 2.45) is 28.6 Å². The molecule has 0 spiro atoms. The third-order valence-corrected chi connectivity index (χ3v) is 7.91. The number of ketones is 2. The number of Topliss-reactive ketones (excluding diaryl/α,β-unsaturated/α-hetero) is 1. The number of hydrogen-bond acceptors (Lipinski definition) is 3. The van der Waals surface area contributed by atoms with Crippen LogP contribution in [0.4, 0.5) is 4.39 Å². The molecular weight excluding hydrogens is 295 g/mol. The number of carbonyl (C=O) groups is 2. The van der Waals surface area contributed by atoms with Crippen molar-refractivity contribution in [3.8, 4) is 0 Å². The Bertz CT molecular complexity index is 655. The molecule has 5 rings (SSSR count). The zero-order chi connectivity index (χ0) is 16.1. The van der Waals surface area contributed by atoms with E-state index in [9.17, 15) is 14.0 Å². The van der Waals surface area contributed by atoms with Crippen LogP contribution >= 0.6 is 0 Å². The maximum absolute atomic E-state index is 14.2. The molecule has 0 amide bonds. The highest BCUT2D eigenvalue weighted by Gasteiger charge is 2.66. The Morgan fingerprint density at radius 1 is 1.13 bits per heavy atom. The molecule has 0 N–H and O–H groups in total. The van der Waals surface area contributed by atoms with E-state index < -0.39 is 11.6 Å². The molecule has 124 valence electrons. The van der Waals surface area contributed by atoms with Crippen molar-refractivity contribution < 1.29 is 18.7 Å². The highest BCUT2D eigenvalue weighted by molar-refractivity contribution is 5.98. The molecule has 1 saturated heterocycles. The summed E-state index contributed by atoms with van der Waals surface area (Å²) in [6, 6.07) is 0. The van der Waals surface area contributed by atoms with Crippen LogP contribution in [0.15, 0.2) is 11.6 Å². The van der Waals surface area contributed by atoms with Gasteiger partial charge in [-0.1, -0.05) is 13.8 Å². The molecular formula is C19H23FO3. The van der Waals surface area contributed by atoms with E-state index in [0.717, 1.165) is 25.7 Å². The Balaban J connectivity index is 1.60. The molecule has 1 aliphatic heterocycles. The lowest BCUT2D eigenvalue weighted by Gasteiger charge is -2.54. The molecule has 4 aliphatic carbocycles. The van der Waals surface area contributed by atoms with Crippen LogP contribution in [0.1, 0.15) is 46.0 Å². The first kappa shape index (κ1) is 14.3. The first-order chi connectivity index (χ1) is 10.9. The molecule has 0 bridgehead atoms. The molecule has 3 saturated carbocycles. The number of ether oxygens (including phenoxy) is 1. The maximum atomic E-state index is 14.2. The second-order valence-corrected chi connectivity index (χ2v) is 8.82. The second kappa shape index (κ2) is 4.14. The van der Waals surface area contributed by atoms with Crippen molar-refractivity contribution in [2.75, 3.05) is 0 Å². The lowest BCUT2D eigenvalue weighted by atomic mass is 9.48. The molecule has 0 aromatic carbocycles. The van der Waals surface area contributed by atoms with E-state index in [1.807, 2.05) is 13.0 Å². The van der Waals surface area contributed by atoms with E-state index in [1.54, 1.807) is 0 Å². The smallest absolute Gasteiger partial charge is 0.173 e. The first-order valence-corrected chi connectivity index (χ1v) is 8.96. The van der Waals surface area contributed by atoms with Crippen LogP contribution in [-0.2, 0) is 14.3 Å².